The van der Waals surface area contributed by atoms with E-state index in [2.05, 4.69) is 40.5 Å². The minimum atomic E-state index is 0.0717. The van der Waals surface area contributed by atoms with E-state index >= 15 is 0 Å². The molecule has 2 heterocycles. The van der Waals surface area contributed by atoms with E-state index in [1.807, 2.05) is 24.3 Å². The number of benzene rings is 1. The Bertz CT molecular complexity index is 744. The lowest BCUT2D eigenvalue weighted by Crippen LogP contribution is -2.20. The van der Waals surface area contributed by atoms with Gasteiger partial charge in [-0.1, -0.05) is 26.0 Å². The van der Waals surface area contributed by atoms with E-state index < -0.39 is 0 Å². The number of nitrogens with one attached hydrogen (secondary N) is 2. The van der Waals surface area contributed by atoms with E-state index in [9.17, 15) is 4.79 Å². The van der Waals surface area contributed by atoms with Crippen LogP contribution >= 0.6 is 0 Å². The summed E-state index contributed by atoms with van der Waals surface area (Å²) in [5.41, 5.74) is 8.77. The minimum Gasteiger partial charge on any atom is -0.368 e. The number of rotatable bonds is 5. The summed E-state index contributed by atoms with van der Waals surface area (Å²) in [6, 6.07) is 9.98. The van der Waals surface area contributed by atoms with Crippen molar-refractivity contribution in [2.75, 3.05) is 17.6 Å². The third-order valence-corrected chi connectivity index (χ3v) is 4.20. The highest BCUT2D eigenvalue weighted by atomic mass is 16.2. The summed E-state index contributed by atoms with van der Waals surface area (Å²) < 4.78 is 0. The topological polar surface area (TPSA) is 92.9 Å². The van der Waals surface area contributed by atoms with Crippen molar-refractivity contribution >= 4 is 23.4 Å². The van der Waals surface area contributed by atoms with Crippen molar-refractivity contribution in [3.63, 3.8) is 0 Å². The first-order chi connectivity index (χ1) is 11.5. The van der Waals surface area contributed by atoms with E-state index in [1.54, 1.807) is 0 Å². The number of aromatic nitrogens is 2. The van der Waals surface area contributed by atoms with Crippen LogP contribution in [0.15, 0.2) is 30.3 Å². The van der Waals surface area contributed by atoms with Crippen molar-refractivity contribution < 1.29 is 4.79 Å². The number of nitrogens with two attached hydrogens (primary N) is 1. The molecule has 0 aliphatic carbocycles. The molecule has 1 saturated heterocycles. The highest BCUT2D eigenvalue weighted by Crippen LogP contribution is 2.23. The third kappa shape index (κ3) is 3.82. The first-order valence-electron chi connectivity index (χ1n) is 8.29. The molecule has 24 heavy (non-hydrogen) atoms. The SMILES string of the molecule is CC(C)c1cc(Nc2cccc(CC3CCNC3=O)c2)nc(N)n1. The molecule has 0 spiro atoms. The first-order valence-corrected chi connectivity index (χ1v) is 8.29. The summed E-state index contributed by atoms with van der Waals surface area (Å²) in [7, 11) is 0. The average Bonchev–Trinajstić information content (AvgIpc) is 2.92. The third-order valence-electron chi connectivity index (χ3n) is 4.20. The second-order valence-electron chi connectivity index (χ2n) is 6.50. The average molecular weight is 325 g/mol. The molecule has 1 atom stereocenters. The Morgan fingerprint density at radius 1 is 1.33 bits per heavy atom. The van der Waals surface area contributed by atoms with Crippen LogP contribution < -0.4 is 16.4 Å². The van der Waals surface area contributed by atoms with Gasteiger partial charge in [-0.2, -0.15) is 4.98 Å². The van der Waals surface area contributed by atoms with Crippen LogP contribution in [0.5, 0.6) is 0 Å². The Balaban J connectivity index is 1.76. The molecule has 1 aromatic heterocycles. The number of carbonyl (C=O) groups excluding carboxylic acids is 1. The maximum Gasteiger partial charge on any atom is 0.223 e. The lowest BCUT2D eigenvalue weighted by Gasteiger charge is -2.12. The van der Waals surface area contributed by atoms with E-state index in [1.165, 1.54) is 0 Å². The molecular weight excluding hydrogens is 302 g/mol. The van der Waals surface area contributed by atoms with Crippen molar-refractivity contribution in [2.24, 2.45) is 5.92 Å². The molecule has 1 unspecified atom stereocenters. The van der Waals surface area contributed by atoms with Crippen LogP contribution in [0.1, 0.15) is 37.4 Å². The van der Waals surface area contributed by atoms with Crippen LogP contribution in [0.25, 0.3) is 0 Å². The molecule has 126 valence electrons. The van der Waals surface area contributed by atoms with Crippen LogP contribution in [-0.2, 0) is 11.2 Å². The zero-order chi connectivity index (χ0) is 17.1. The van der Waals surface area contributed by atoms with Crippen molar-refractivity contribution in [2.45, 2.75) is 32.6 Å². The lowest BCUT2D eigenvalue weighted by molar-refractivity contribution is -0.122. The number of amides is 1. The number of carbonyl (C=O) groups is 1. The van der Waals surface area contributed by atoms with Gasteiger partial charge in [0.25, 0.3) is 0 Å². The van der Waals surface area contributed by atoms with Gasteiger partial charge in [0.2, 0.25) is 11.9 Å². The molecule has 2 aromatic rings. The van der Waals surface area contributed by atoms with Crippen molar-refractivity contribution in [3.05, 3.63) is 41.6 Å². The van der Waals surface area contributed by atoms with Gasteiger partial charge in [0.05, 0.1) is 5.69 Å². The van der Waals surface area contributed by atoms with Gasteiger partial charge in [-0.15, -0.1) is 0 Å². The molecular formula is C18H23N5O. The van der Waals surface area contributed by atoms with Gasteiger partial charge in [0.1, 0.15) is 5.82 Å². The fraction of sp³-hybridized carbons (Fsp3) is 0.389. The lowest BCUT2D eigenvalue weighted by atomic mass is 9.98. The van der Waals surface area contributed by atoms with Crippen molar-refractivity contribution in [3.8, 4) is 0 Å². The second kappa shape index (κ2) is 6.86. The van der Waals surface area contributed by atoms with Crippen LogP contribution in [0.4, 0.5) is 17.5 Å². The molecule has 4 N–H and O–H groups in total. The van der Waals surface area contributed by atoms with E-state index in [-0.39, 0.29) is 23.7 Å². The summed E-state index contributed by atoms with van der Waals surface area (Å²) in [6.07, 6.45) is 1.65. The Morgan fingerprint density at radius 3 is 2.88 bits per heavy atom. The Morgan fingerprint density at radius 2 is 2.17 bits per heavy atom. The molecule has 1 aliphatic heterocycles. The summed E-state index contributed by atoms with van der Waals surface area (Å²) >= 11 is 0. The van der Waals surface area contributed by atoms with Gasteiger partial charge >= 0.3 is 0 Å². The quantitative estimate of drug-likeness (QED) is 0.786. The van der Waals surface area contributed by atoms with E-state index in [0.717, 1.165) is 36.3 Å². The summed E-state index contributed by atoms with van der Waals surface area (Å²) in [4.78, 5) is 20.2. The van der Waals surface area contributed by atoms with Gasteiger partial charge in [-0.05, 0) is 36.5 Å². The highest BCUT2D eigenvalue weighted by molar-refractivity contribution is 5.80. The number of nitrogens with zero attached hydrogens (tertiary/aromatic N) is 2. The minimum absolute atomic E-state index is 0.0717. The van der Waals surface area contributed by atoms with Gasteiger partial charge in [-0.25, -0.2) is 4.98 Å². The molecule has 0 saturated carbocycles. The molecule has 1 amide bonds. The molecule has 0 bridgehead atoms. The monoisotopic (exact) mass is 325 g/mol. The van der Waals surface area contributed by atoms with Crippen LogP contribution in [0.2, 0.25) is 0 Å². The molecule has 6 heteroatoms. The molecule has 1 fully saturated rings. The van der Waals surface area contributed by atoms with Gasteiger partial charge < -0.3 is 16.4 Å². The summed E-state index contributed by atoms with van der Waals surface area (Å²) in [5, 5.41) is 6.17. The van der Waals surface area contributed by atoms with Crippen LogP contribution in [0.3, 0.4) is 0 Å². The zero-order valence-corrected chi connectivity index (χ0v) is 14.0. The largest absolute Gasteiger partial charge is 0.368 e. The first kappa shape index (κ1) is 16.2. The molecule has 0 radical (unpaired) electrons. The Kier molecular flexibility index (Phi) is 4.64. The van der Waals surface area contributed by atoms with Crippen molar-refractivity contribution in [1.82, 2.24) is 15.3 Å². The summed E-state index contributed by atoms with van der Waals surface area (Å²) in [6.45, 7) is 4.91. The number of hydrogen-bond donors (Lipinski definition) is 3. The second-order valence-corrected chi connectivity index (χ2v) is 6.50. The maximum atomic E-state index is 11.7. The molecule has 3 rings (SSSR count). The standard InChI is InChI=1S/C18H23N5O/c1-11(2)15-10-16(23-18(19)22-15)21-14-5-3-4-12(9-14)8-13-6-7-20-17(13)24/h3-5,9-11,13H,6-8H2,1-2H3,(H,20,24)(H3,19,21,22,23). The zero-order valence-electron chi connectivity index (χ0n) is 14.0. The molecule has 6 nitrogen and oxygen atoms in total. The normalized spacial score (nSPS) is 17.1. The van der Waals surface area contributed by atoms with Crippen molar-refractivity contribution in [1.29, 1.82) is 0 Å². The molecule has 1 aromatic carbocycles. The predicted octanol–water partition coefficient (Wildman–Crippen LogP) is 2.60. The summed E-state index contributed by atoms with van der Waals surface area (Å²) in [5.74, 6) is 1.45. The van der Waals surface area contributed by atoms with Crippen LogP contribution in [-0.4, -0.2) is 22.4 Å². The number of hydrogen-bond acceptors (Lipinski definition) is 5. The fourth-order valence-electron chi connectivity index (χ4n) is 2.89. The number of anilines is 3. The predicted molar refractivity (Wildman–Crippen MR) is 95.1 cm³/mol. The Labute approximate surface area is 141 Å². The van der Waals surface area contributed by atoms with Gasteiger partial charge in [-0.3, -0.25) is 4.79 Å². The fourth-order valence-corrected chi connectivity index (χ4v) is 2.89. The molecule has 1 aliphatic rings. The highest BCUT2D eigenvalue weighted by Gasteiger charge is 2.24. The van der Waals surface area contributed by atoms with E-state index in [0.29, 0.717) is 5.82 Å². The van der Waals surface area contributed by atoms with Crippen LogP contribution in [0, 0.1) is 5.92 Å². The Hall–Kier alpha value is -2.63. The number of nitrogen functional groups attached to an aromatic ring is 1. The van der Waals surface area contributed by atoms with E-state index in [4.69, 9.17) is 5.73 Å². The van der Waals surface area contributed by atoms with Gasteiger partial charge in [0, 0.05) is 24.2 Å². The maximum absolute atomic E-state index is 11.7. The smallest absolute Gasteiger partial charge is 0.223 e. The van der Waals surface area contributed by atoms with Gasteiger partial charge in [0.15, 0.2) is 0 Å².